The van der Waals surface area contributed by atoms with Crippen LogP contribution in [0.25, 0.3) is 21.6 Å². The van der Waals surface area contributed by atoms with E-state index in [0.29, 0.717) is 15.1 Å². The van der Waals surface area contributed by atoms with Gasteiger partial charge in [0, 0.05) is 10.4 Å². The highest BCUT2D eigenvalue weighted by Gasteiger charge is 2.20. The Hall–Kier alpha value is -1.61. The molecule has 2 aromatic heterocycles. The van der Waals surface area contributed by atoms with Gasteiger partial charge in [-0.1, -0.05) is 6.42 Å². The number of H-pyrrole nitrogens is 1. The number of aromatic nitrogens is 2. The van der Waals surface area contributed by atoms with E-state index in [9.17, 15) is 9.90 Å². The number of nitrogens with one attached hydrogen (secondary N) is 1. The number of aryl methyl sites for hydroxylation is 2. The quantitative estimate of drug-likeness (QED) is 0.436. The highest BCUT2D eigenvalue weighted by atomic mass is 127. The van der Waals surface area contributed by atoms with E-state index >= 15 is 0 Å². The SMILES string of the molecule is COc1cc(-c2nc3sc4c(c3c(=O)[nH]2)CCCCC4)cc(I)c1O. The van der Waals surface area contributed by atoms with Crippen LogP contribution in [0.15, 0.2) is 16.9 Å². The van der Waals surface area contributed by atoms with Crippen molar-refractivity contribution in [3.8, 4) is 22.9 Å². The van der Waals surface area contributed by atoms with Crippen molar-refractivity contribution in [1.82, 2.24) is 9.97 Å². The summed E-state index contributed by atoms with van der Waals surface area (Å²) in [6.07, 6.45) is 5.53. The van der Waals surface area contributed by atoms with E-state index in [1.807, 2.05) is 22.6 Å². The molecule has 1 aliphatic rings. The summed E-state index contributed by atoms with van der Waals surface area (Å²) in [5, 5.41) is 10.8. The minimum Gasteiger partial charge on any atom is -0.504 e. The van der Waals surface area contributed by atoms with Gasteiger partial charge in [0.25, 0.3) is 5.56 Å². The van der Waals surface area contributed by atoms with E-state index in [0.717, 1.165) is 35.0 Å². The van der Waals surface area contributed by atoms with Crippen molar-refractivity contribution >= 4 is 44.1 Å². The number of phenolic OH excluding ortho intramolecular Hbond substituents is 1. The van der Waals surface area contributed by atoms with Crippen LogP contribution in [-0.4, -0.2) is 22.2 Å². The first-order valence-electron chi connectivity index (χ1n) is 8.20. The van der Waals surface area contributed by atoms with Crippen LogP contribution in [0.2, 0.25) is 0 Å². The minimum absolute atomic E-state index is 0.0820. The van der Waals surface area contributed by atoms with Gasteiger partial charge in [0.05, 0.1) is 16.1 Å². The van der Waals surface area contributed by atoms with Gasteiger partial charge in [-0.2, -0.15) is 0 Å². The van der Waals surface area contributed by atoms with E-state index in [1.165, 1.54) is 30.4 Å². The van der Waals surface area contributed by atoms with Crippen molar-refractivity contribution in [3.63, 3.8) is 0 Å². The van der Waals surface area contributed by atoms with E-state index in [1.54, 1.807) is 23.5 Å². The summed E-state index contributed by atoms with van der Waals surface area (Å²) in [6.45, 7) is 0. The normalized spacial score (nSPS) is 14.3. The molecule has 1 aliphatic carbocycles. The summed E-state index contributed by atoms with van der Waals surface area (Å²) >= 11 is 3.68. The first-order chi connectivity index (χ1) is 12.1. The van der Waals surface area contributed by atoms with Gasteiger partial charge in [-0.3, -0.25) is 4.79 Å². The Labute approximate surface area is 162 Å². The zero-order valence-corrected chi connectivity index (χ0v) is 16.7. The van der Waals surface area contributed by atoms with Crippen LogP contribution >= 0.6 is 33.9 Å². The number of fused-ring (bicyclic) bond motifs is 3. The first kappa shape index (κ1) is 16.8. The van der Waals surface area contributed by atoms with Crippen LogP contribution in [0.1, 0.15) is 29.7 Å². The number of phenols is 1. The Morgan fingerprint density at radius 2 is 2.08 bits per heavy atom. The molecule has 0 saturated carbocycles. The lowest BCUT2D eigenvalue weighted by atomic mass is 10.1. The van der Waals surface area contributed by atoms with Crippen molar-refractivity contribution < 1.29 is 9.84 Å². The molecule has 0 aliphatic heterocycles. The molecule has 2 heterocycles. The lowest BCUT2D eigenvalue weighted by Crippen LogP contribution is -2.10. The number of hydrogen-bond donors (Lipinski definition) is 2. The Morgan fingerprint density at radius 1 is 1.28 bits per heavy atom. The van der Waals surface area contributed by atoms with E-state index in [4.69, 9.17) is 9.72 Å². The van der Waals surface area contributed by atoms with Crippen molar-refractivity contribution in [3.05, 3.63) is 36.5 Å². The maximum Gasteiger partial charge on any atom is 0.260 e. The number of methoxy groups -OCH3 is 1. The largest absolute Gasteiger partial charge is 0.504 e. The molecule has 0 bridgehead atoms. The number of aromatic hydroxyl groups is 1. The molecule has 7 heteroatoms. The molecule has 0 saturated heterocycles. The molecule has 0 radical (unpaired) electrons. The molecular weight excluding hydrogens is 451 g/mol. The van der Waals surface area contributed by atoms with Crippen LogP contribution in [-0.2, 0) is 12.8 Å². The fourth-order valence-electron chi connectivity index (χ4n) is 3.34. The van der Waals surface area contributed by atoms with Crippen LogP contribution in [0.5, 0.6) is 11.5 Å². The van der Waals surface area contributed by atoms with Crippen LogP contribution < -0.4 is 10.3 Å². The molecule has 0 fully saturated rings. The van der Waals surface area contributed by atoms with E-state index in [-0.39, 0.29) is 11.3 Å². The maximum absolute atomic E-state index is 12.8. The average molecular weight is 468 g/mol. The molecule has 25 heavy (non-hydrogen) atoms. The highest BCUT2D eigenvalue weighted by molar-refractivity contribution is 14.1. The maximum atomic E-state index is 12.8. The topological polar surface area (TPSA) is 75.2 Å². The lowest BCUT2D eigenvalue weighted by molar-refractivity contribution is 0.372. The van der Waals surface area contributed by atoms with E-state index < -0.39 is 0 Å². The first-order valence-corrected chi connectivity index (χ1v) is 10.1. The molecular formula is C18H17IN2O3S. The van der Waals surface area contributed by atoms with Crippen LogP contribution in [0.3, 0.4) is 0 Å². The van der Waals surface area contributed by atoms with Gasteiger partial charge < -0.3 is 14.8 Å². The Kier molecular flexibility index (Phi) is 4.45. The van der Waals surface area contributed by atoms with Gasteiger partial charge in [0.1, 0.15) is 10.7 Å². The zero-order chi connectivity index (χ0) is 17.6. The zero-order valence-electron chi connectivity index (χ0n) is 13.7. The van der Waals surface area contributed by atoms with Gasteiger partial charge >= 0.3 is 0 Å². The molecule has 2 N–H and O–H groups in total. The monoisotopic (exact) mass is 468 g/mol. The van der Waals surface area contributed by atoms with Crippen molar-refractivity contribution in [1.29, 1.82) is 0 Å². The summed E-state index contributed by atoms with van der Waals surface area (Å²) in [5.41, 5.74) is 1.83. The number of halogens is 1. The Morgan fingerprint density at radius 3 is 2.88 bits per heavy atom. The second-order valence-electron chi connectivity index (χ2n) is 6.17. The predicted molar refractivity (Wildman–Crippen MR) is 108 cm³/mol. The Bertz CT molecular complexity index is 1030. The molecule has 0 spiro atoms. The molecule has 130 valence electrons. The summed E-state index contributed by atoms with van der Waals surface area (Å²) < 4.78 is 5.86. The highest BCUT2D eigenvalue weighted by Crippen LogP contribution is 2.37. The number of hydrogen-bond acceptors (Lipinski definition) is 5. The van der Waals surface area contributed by atoms with E-state index in [2.05, 4.69) is 4.98 Å². The van der Waals surface area contributed by atoms with Crippen molar-refractivity contribution in [2.75, 3.05) is 7.11 Å². The van der Waals surface area contributed by atoms with Gasteiger partial charge in [0.2, 0.25) is 0 Å². The molecule has 0 amide bonds. The van der Waals surface area contributed by atoms with Crippen molar-refractivity contribution in [2.24, 2.45) is 0 Å². The fraction of sp³-hybridized carbons (Fsp3) is 0.333. The number of nitrogens with zero attached hydrogens (tertiary/aromatic N) is 1. The lowest BCUT2D eigenvalue weighted by Gasteiger charge is -2.08. The molecule has 4 rings (SSSR count). The number of aromatic amines is 1. The van der Waals surface area contributed by atoms with Crippen LogP contribution in [0.4, 0.5) is 0 Å². The summed E-state index contributed by atoms with van der Waals surface area (Å²) in [6, 6.07) is 3.49. The predicted octanol–water partition coefficient (Wildman–Crippen LogP) is 4.24. The van der Waals surface area contributed by atoms with Gasteiger partial charge in [-0.15, -0.1) is 11.3 Å². The summed E-state index contributed by atoms with van der Waals surface area (Å²) in [4.78, 5) is 22.5. The minimum atomic E-state index is -0.0820. The molecule has 0 unspecified atom stereocenters. The van der Waals surface area contributed by atoms with Gasteiger partial charge in [-0.25, -0.2) is 4.98 Å². The van der Waals surface area contributed by atoms with Gasteiger partial charge in [-0.05, 0) is 66.0 Å². The number of rotatable bonds is 2. The molecule has 1 aromatic carbocycles. The van der Waals surface area contributed by atoms with Crippen molar-refractivity contribution in [2.45, 2.75) is 32.1 Å². The average Bonchev–Trinajstić information content (AvgIpc) is 2.79. The second-order valence-corrected chi connectivity index (χ2v) is 8.41. The standard InChI is InChI=1S/C18H17IN2O3S/c1-24-12-8-9(7-11(19)15(12)22)16-20-17(23)14-10-5-3-2-4-6-13(10)25-18(14)21-16/h7-8,22H,2-6H2,1H3,(H,20,21,23). The third kappa shape index (κ3) is 2.93. The van der Waals surface area contributed by atoms with Gasteiger partial charge in [0.15, 0.2) is 11.5 Å². The fourth-order valence-corrected chi connectivity index (χ4v) is 5.21. The van der Waals surface area contributed by atoms with Crippen LogP contribution in [0, 0.1) is 3.57 Å². The molecule has 5 nitrogen and oxygen atoms in total. The third-order valence-electron chi connectivity index (χ3n) is 4.60. The summed E-state index contributed by atoms with van der Waals surface area (Å²) in [5.74, 6) is 0.967. The summed E-state index contributed by atoms with van der Waals surface area (Å²) in [7, 11) is 1.50. The number of thiophene rings is 1. The Balaban J connectivity index is 1.90. The molecule has 0 atom stereocenters. The number of benzene rings is 1. The second kappa shape index (κ2) is 6.60. The molecule has 3 aromatic rings. The smallest absolute Gasteiger partial charge is 0.260 e. The number of ether oxygens (including phenoxy) is 1. The third-order valence-corrected chi connectivity index (χ3v) is 6.60.